The van der Waals surface area contributed by atoms with Gasteiger partial charge >= 0.3 is 0 Å². The highest BCUT2D eigenvalue weighted by atomic mass is 15.0. The molecule has 3 heteroatoms. The van der Waals surface area contributed by atoms with Crippen molar-refractivity contribution >= 4 is 0 Å². The number of benzene rings is 1. The molecule has 1 aliphatic heterocycles. The topological polar surface area (TPSA) is 47.8 Å². The minimum Gasteiger partial charge on any atom is -0.316 e. The van der Waals surface area contributed by atoms with E-state index in [4.69, 9.17) is 5.26 Å². The summed E-state index contributed by atoms with van der Waals surface area (Å²) < 4.78 is 0. The average molecular weight is 243 g/mol. The van der Waals surface area contributed by atoms with Gasteiger partial charge in [-0.3, -0.25) is 0 Å². The lowest BCUT2D eigenvalue weighted by Crippen LogP contribution is -2.52. The Balaban J connectivity index is 1.92. The van der Waals surface area contributed by atoms with Gasteiger partial charge in [-0.1, -0.05) is 26.0 Å². The summed E-state index contributed by atoms with van der Waals surface area (Å²) >= 11 is 0. The molecule has 0 amide bonds. The normalized spacial score (nSPS) is 22.4. The lowest BCUT2D eigenvalue weighted by molar-refractivity contribution is 0.184. The minimum absolute atomic E-state index is 0.296. The predicted octanol–water partition coefficient (Wildman–Crippen LogP) is 2.04. The van der Waals surface area contributed by atoms with Crippen molar-refractivity contribution in [2.75, 3.05) is 13.1 Å². The van der Waals surface area contributed by atoms with E-state index >= 15 is 0 Å². The van der Waals surface area contributed by atoms with Crippen LogP contribution in [0.4, 0.5) is 0 Å². The molecule has 0 aliphatic carbocycles. The third-order valence-electron chi connectivity index (χ3n) is 3.77. The summed E-state index contributed by atoms with van der Waals surface area (Å²) in [6.45, 7) is 7.64. The lowest BCUT2D eigenvalue weighted by Gasteiger charge is -2.39. The van der Waals surface area contributed by atoms with Crippen molar-refractivity contribution in [3.8, 4) is 6.07 Å². The number of rotatable bonds is 3. The van der Waals surface area contributed by atoms with Crippen molar-refractivity contribution in [1.82, 2.24) is 10.6 Å². The molecule has 0 bridgehead atoms. The fraction of sp³-hybridized carbons (Fsp3) is 0.533. The molecular formula is C15H21N3. The van der Waals surface area contributed by atoms with Crippen LogP contribution in [-0.2, 0) is 6.54 Å². The average Bonchev–Trinajstić information content (AvgIpc) is 2.38. The number of hydrogen-bond acceptors (Lipinski definition) is 3. The van der Waals surface area contributed by atoms with Crippen LogP contribution in [0, 0.1) is 16.7 Å². The van der Waals surface area contributed by atoms with E-state index in [1.807, 2.05) is 24.3 Å². The maximum atomic E-state index is 8.76. The highest BCUT2D eigenvalue weighted by molar-refractivity contribution is 5.31. The maximum absolute atomic E-state index is 8.76. The second-order valence-electron chi connectivity index (χ2n) is 5.70. The molecule has 1 heterocycles. The van der Waals surface area contributed by atoms with E-state index in [0.717, 1.165) is 25.2 Å². The Hall–Kier alpha value is -1.37. The van der Waals surface area contributed by atoms with Crippen LogP contribution in [-0.4, -0.2) is 19.1 Å². The summed E-state index contributed by atoms with van der Waals surface area (Å²) in [4.78, 5) is 0. The Morgan fingerprint density at radius 3 is 2.72 bits per heavy atom. The zero-order valence-electron chi connectivity index (χ0n) is 11.2. The van der Waals surface area contributed by atoms with E-state index in [1.54, 1.807) is 0 Å². The van der Waals surface area contributed by atoms with Crippen molar-refractivity contribution in [3.63, 3.8) is 0 Å². The van der Waals surface area contributed by atoms with E-state index < -0.39 is 0 Å². The van der Waals surface area contributed by atoms with Crippen molar-refractivity contribution < 1.29 is 0 Å². The number of nitriles is 1. The third-order valence-corrected chi connectivity index (χ3v) is 3.77. The van der Waals surface area contributed by atoms with Gasteiger partial charge < -0.3 is 10.6 Å². The monoisotopic (exact) mass is 243 g/mol. The first-order valence-corrected chi connectivity index (χ1v) is 6.55. The summed E-state index contributed by atoms with van der Waals surface area (Å²) in [6.07, 6.45) is 1.17. The van der Waals surface area contributed by atoms with E-state index in [1.165, 1.54) is 12.0 Å². The molecule has 0 radical (unpaired) electrons. The molecule has 1 aliphatic rings. The standard InChI is InChI=1S/C15H21N3/c1-15(2)11-17-8-7-14(15)18-10-13-5-3-12(9-16)4-6-13/h3-6,14,17-18H,7-8,10-11H2,1-2H3. The second-order valence-corrected chi connectivity index (χ2v) is 5.70. The molecule has 1 atom stereocenters. The zero-order valence-corrected chi connectivity index (χ0v) is 11.2. The summed E-state index contributed by atoms with van der Waals surface area (Å²) in [5, 5.41) is 15.8. The molecule has 1 saturated heterocycles. The van der Waals surface area contributed by atoms with Gasteiger partial charge in [0, 0.05) is 19.1 Å². The maximum Gasteiger partial charge on any atom is 0.0991 e. The van der Waals surface area contributed by atoms with Crippen molar-refractivity contribution in [2.24, 2.45) is 5.41 Å². The van der Waals surface area contributed by atoms with Crippen LogP contribution in [0.3, 0.4) is 0 Å². The SMILES string of the molecule is CC1(C)CNCCC1NCc1ccc(C#N)cc1. The van der Waals surface area contributed by atoms with Crippen LogP contribution in [0.1, 0.15) is 31.4 Å². The minimum atomic E-state index is 0.296. The van der Waals surface area contributed by atoms with Crippen LogP contribution in [0.15, 0.2) is 24.3 Å². The van der Waals surface area contributed by atoms with Gasteiger partial charge in [0.05, 0.1) is 11.6 Å². The fourth-order valence-electron chi connectivity index (χ4n) is 2.49. The smallest absolute Gasteiger partial charge is 0.0991 e. The summed E-state index contributed by atoms with van der Waals surface area (Å²) in [6, 6.07) is 10.5. The van der Waals surface area contributed by atoms with E-state index in [0.29, 0.717) is 11.5 Å². The van der Waals surface area contributed by atoms with Crippen molar-refractivity contribution in [2.45, 2.75) is 32.9 Å². The molecule has 2 N–H and O–H groups in total. The van der Waals surface area contributed by atoms with Crippen molar-refractivity contribution in [1.29, 1.82) is 5.26 Å². The molecule has 2 rings (SSSR count). The van der Waals surface area contributed by atoms with Gasteiger partial charge in [-0.05, 0) is 36.1 Å². The third kappa shape index (κ3) is 3.10. The van der Waals surface area contributed by atoms with Gasteiger partial charge in [-0.2, -0.15) is 5.26 Å². The summed E-state index contributed by atoms with van der Waals surface area (Å²) in [5.74, 6) is 0. The highest BCUT2D eigenvalue weighted by Crippen LogP contribution is 2.25. The molecule has 1 aromatic carbocycles. The molecule has 18 heavy (non-hydrogen) atoms. The summed E-state index contributed by atoms with van der Waals surface area (Å²) in [5.41, 5.74) is 2.26. The van der Waals surface area contributed by atoms with Crippen LogP contribution in [0.2, 0.25) is 0 Å². The van der Waals surface area contributed by atoms with Gasteiger partial charge in [-0.15, -0.1) is 0 Å². The first-order valence-electron chi connectivity index (χ1n) is 6.55. The summed E-state index contributed by atoms with van der Waals surface area (Å²) in [7, 11) is 0. The number of nitrogens with zero attached hydrogens (tertiary/aromatic N) is 1. The molecular weight excluding hydrogens is 222 g/mol. The Kier molecular flexibility index (Phi) is 4.00. The number of nitrogens with one attached hydrogen (secondary N) is 2. The molecule has 96 valence electrons. The van der Waals surface area contributed by atoms with E-state index in [-0.39, 0.29) is 0 Å². The number of piperidine rings is 1. The predicted molar refractivity (Wildman–Crippen MR) is 73.1 cm³/mol. The Labute approximate surface area is 109 Å². The molecule has 0 aromatic heterocycles. The quantitative estimate of drug-likeness (QED) is 0.854. The van der Waals surface area contributed by atoms with E-state index in [2.05, 4.69) is 30.6 Å². The Morgan fingerprint density at radius 1 is 1.39 bits per heavy atom. The zero-order chi connectivity index (χ0) is 13.0. The molecule has 1 fully saturated rings. The Morgan fingerprint density at radius 2 is 2.11 bits per heavy atom. The number of hydrogen-bond donors (Lipinski definition) is 2. The fourth-order valence-corrected chi connectivity index (χ4v) is 2.49. The second kappa shape index (κ2) is 5.51. The first kappa shape index (κ1) is 13.1. The lowest BCUT2D eigenvalue weighted by atomic mass is 9.80. The molecule has 1 unspecified atom stereocenters. The molecule has 3 nitrogen and oxygen atoms in total. The van der Waals surface area contributed by atoms with E-state index in [9.17, 15) is 0 Å². The largest absolute Gasteiger partial charge is 0.316 e. The Bertz CT molecular complexity index is 428. The van der Waals surface area contributed by atoms with Crippen LogP contribution < -0.4 is 10.6 Å². The van der Waals surface area contributed by atoms with Crippen LogP contribution in [0.25, 0.3) is 0 Å². The van der Waals surface area contributed by atoms with Gasteiger partial charge in [0.25, 0.3) is 0 Å². The molecule has 1 aromatic rings. The van der Waals surface area contributed by atoms with Gasteiger partial charge in [0.15, 0.2) is 0 Å². The van der Waals surface area contributed by atoms with Gasteiger partial charge in [0.2, 0.25) is 0 Å². The van der Waals surface area contributed by atoms with Gasteiger partial charge in [0.1, 0.15) is 0 Å². The molecule has 0 saturated carbocycles. The highest BCUT2D eigenvalue weighted by Gasteiger charge is 2.31. The first-order chi connectivity index (χ1) is 8.62. The van der Waals surface area contributed by atoms with Crippen LogP contribution in [0.5, 0.6) is 0 Å². The van der Waals surface area contributed by atoms with Crippen molar-refractivity contribution in [3.05, 3.63) is 35.4 Å². The molecule has 0 spiro atoms. The van der Waals surface area contributed by atoms with Gasteiger partial charge in [-0.25, -0.2) is 0 Å². The van der Waals surface area contributed by atoms with Crippen LogP contribution >= 0.6 is 0 Å².